The van der Waals surface area contributed by atoms with E-state index in [0.717, 1.165) is 27.3 Å². The summed E-state index contributed by atoms with van der Waals surface area (Å²) in [5.74, 6) is 1.62. The van der Waals surface area contributed by atoms with E-state index in [9.17, 15) is 19.2 Å². The van der Waals surface area contributed by atoms with Gasteiger partial charge >= 0.3 is 0 Å². The van der Waals surface area contributed by atoms with Gasteiger partial charge in [-0.3, -0.25) is 19.2 Å². The van der Waals surface area contributed by atoms with Gasteiger partial charge in [-0.2, -0.15) is 0 Å². The Morgan fingerprint density at radius 1 is 0.511 bits per heavy atom. The van der Waals surface area contributed by atoms with Gasteiger partial charge in [-0.25, -0.2) is 9.80 Å². The number of rotatable bonds is 11. The minimum atomic E-state index is -0.383. The molecular weight excluding hydrogens is 600 g/mol. The summed E-state index contributed by atoms with van der Waals surface area (Å²) in [5.41, 5.74) is 2.94. The fraction of sp³-hybridized carbons (Fsp3) is 0.135. The van der Waals surface area contributed by atoms with E-state index in [1.165, 1.54) is 24.3 Å². The van der Waals surface area contributed by atoms with Crippen LogP contribution < -0.4 is 28.7 Å². The van der Waals surface area contributed by atoms with E-state index in [1.807, 2.05) is 36.4 Å². The molecule has 0 radical (unpaired) electrons. The van der Waals surface area contributed by atoms with Crippen LogP contribution in [0.25, 0.3) is 0 Å². The van der Waals surface area contributed by atoms with Crippen LogP contribution in [0.2, 0.25) is 0 Å². The molecule has 0 spiro atoms. The van der Waals surface area contributed by atoms with Gasteiger partial charge in [0.15, 0.2) is 23.0 Å². The van der Waals surface area contributed by atoms with Crippen molar-refractivity contribution < 1.29 is 38.1 Å². The maximum atomic E-state index is 12.0. The minimum Gasteiger partial charge on any atom is -0.493 e. The largest absolute Gasteiger partial charge is 0.493 e. The second-order valence-corrected chi connectivity index (χ2v) is 10.7. The Morgan fingerprint density at radius 3 is 1.19 bits per heavy atom. The second-order valence-electron chi connectivity index (χ2n) is 10.7. The highest BCUT2D eigenvalue weighted by Crippen LogP contribution is 2.40. The van der Waals surface area contributed by atoms with E-state index in [4.69, 9.17) is 18.9 Å². The minimum absolute atomic E-state index is 0.00718. The predicted octanol–water partition coefficient (Wildman–Crippen LogP) is 6.69. The first kappa shape index (κ1) is 30.8. The molecular formula is C37H30N2O8. The van der Waals surface area contributed by atoms with Crippen molar-refractivity contribution >= 4 is 35.0 Å². The summed E-state index contributed by atoms with van der Waals surface area (Å²) in [4.78, 5) is 50.1. The average molecular weight is 631 g/mol. The molecule has 0 N–H and O–H groups in total. The summed E-state index contributed by atoms with van der Waals surface area (Å²) < 4.78 is 23.6. The number of carbonyl (C=O) groups is 4. The lowest BCUT2D eigenvalue weighted by Gasteiger charge is -2.20. The van der Waals surface area contributed by atoms with E-state index < -0.39 is 0 Å². The highest BCUT2D eigenvalue weighted by molar-refractivity contribution is 6.28. The molecule has 0 fully saturated rings. The quantitative estimate of drug-likeness (QED) is 0.169. The van der Waals surface area contributed by atoms with Crippen molar-refractivity contribution in [2.75, 3.05) is 24.0 Å². The van der Waals surface area contributed by atoms with Crippen LogP contribution in [0.5, 0.6) is 34.5 Å². The number of amides is 4. The average Bonchev–Trinajstić information content (AvgIpc) is 3.61. The molecule has 10 heteroatoms. The summed E-state index contributed by atoms with van der Waals surface area (Å²) in [6.45, 7) is 2.10. The lowest BCUT2D eigenvalue weighted by Crippen LogP contribution is -2.29. The van der Waals surface area contributed by atoms with Gasteiger partial charge in [0.05, 0.1) is 25.6 Å². The number of carbonyl (C=O) groups excluding carboxylic acids is 4. The van der Waals surface area contributed by atoms with Gasteiger partial charge in [0.1, 0.15) is 11.5 Å². The van der Waals surface area contributed by atoms with E-state index in [2.05, 4.69) is 6.92 Å². The topological polar surface area (TPSA) is 112 Å². The van der Waals surface area contributed by atoms with Crippen molar-refractivity contribution in [2.24, 2.45) is 0 Å². The maximum absolute atomic E-state index is 12.0. The SMILES string of the molecule is CCC(c1ccc(Oc2ccc(N3C(=O)C=CC3=O)cc2)c(OC)c1)c1ccc(Oc2ccc(N3C(=O)C=CC3=O)cc2)c(OC)c1. The standard InChI is InChI=1S/C37H30N2O8/c1-4-29(23-5-15-30(32(21-23)44-2)46-27-11-7-25(8-12-27)38-34(40)17-18-35(38)41)24-6-16-31(33(22-24)45-3)47-28-13-9-26(10-14-28)39-36(42)19-20-37(39)43/h5-22,29H,4H2,1-3H3. The lowest BCUT2D eigenvalue weighted by atomic mass is 9.88. The third kappa shape index (κ3) is 6.21. The molecule has 2 aliphatic rings. The number of anilines is 2. The summed E-state index contributed by atoms with van der Waals surface area (Å²) in [6, 6.07) is 24.9. The molecule has 0 unspecified atom stereocenters. The number of benzene rings is 4. The van der Waals surface area contributed by atoms with Crippen molar-refractivity contribution in [2.45, 2.75) is 19.3 Å². The number of nitrogens with zero attached hydrogens (tertiary/aromatic N) is 2. The van der Waals surface area contributed by atoms with Crippen molar-refractivity contribution in [3.8, 4) is 34.5 Å². The molecule has 6 rings (SSSR count). The Morgan fingerprint density at radius 2 is 0.872 bits per heavy atom. The van der Waals surface area contributed by atoms with Crippen LogP contribution >= 0.6 is 0 Å². The van der Waals surface area contributed by atoms with Crippen molar-refractivity contribution in [3.63, 3.8) is 0 Å². The van der Waals surface area contributed by atoms with Crippen molar-refractivity contribution in [1.29, 1.82) is 0 Å². The van der Waals surface area contributed by atoms with Crippen LogP contribution in [0.4, 0.5) is 11.4 Å². The zero-order valence-electron chi connectivity index (χ0n) is 25.8. The molecule has 4 aromatic carbocycles. The molecule has 236 valence electrons. The predicted molar refractivity (Wildman–Crippen MR) is 174 cm³/mol. The zero-order valence-corrected chi connectivity index (χ0v) is 25.8. The molecule has 47 heavy (non-hydrogen) atoms. The van der Waals surface area contributed by atoms with Crippen molar-refractivity contribution in [3.05, 3.63) is 120 Å². The molecule has 2 aliphatic heterocycles. The molecule has 4 aromatic rings. The highest BCUT2D eigenvalue weighted by atomic mass is 16.5. The monoisotopic (exact) mass is 630 g/mol. The molecule has 0 saturated heterocycles. The van der Waals surface area contributed by atoms with Crippen LogP contribution in [0.15, 0.2) is 109 Å². The zero-order chi connectivity index (χ0) is 33.1. The highest BCUT2D eigenvalue weighted by Gasteiger charge is 2.26. The van der Waals surface area contributed by atoms with E-state index in [0.29, 0.717) is 45.9 Å². The van der Waals surface area contributed by atoms with Gasteiger partial charge in [0.25, 0.3) is 23.6 Å². The van der Waals surface area contributed by atoms with Crippen LogP contribution in [-0.4, -0.2) is 37.8 Å². The number of hydrogen-bond donors (Lipinski definition) is 0. The fourth-order valence-corrected chi connectivity index (χ4v) is 5.52. The Kier molecular flexibility index (Phi) is 8.57. The van der Waals surface area contributed by atoms with Crippen molar-refractivity contribution in [1.82, 2.24) is 0 Å². The third-order valence-electron chi connectivity index (χ3n) is 7.85. The normalized spacial score (nSPS) is 14.0. The third-order valence-corrected chi connectivity index (χ3v) is 7.85. The molecule has 0 saturated carbocycles. The molecule has 0 aromatic heterocycles. The van der Waals surface area contributed by atoms with Gasteiger partial charge in [-0.15, -0.1) is 0 Å². The first-order valence-electron chi connectivity index (χ1n) is 14.8. The molecule has 0 aliphatic carbocycles. The lowest BCUT2D eigenvalue weighted by molar-refractivity contribution is -0.121. The molecule has 10 nitrogen and oxygen atoms in total. The molecule has 0 bridgehead atoms. The smallest absolute Gasteiger partial charge is 0.258 e. The van der Waals surface area contributed by atoms with Gasteiger partial charge in [-0.1, -0.05) is 19.1 Å². The van der Waals surface area contributed by atoms with Gasteiger partial charge in [-0.05, 0) is 90.3 Å². The Hall–Kier alpha value is -6.16. The fourth-order valence-electron chi connectivity index (χ4n) is 5.52. The molecule has 2 heterocycles. The summed E-state index contributed by atoms with van der Waals surface area (Å²) in [5, 5.41) is 0. The molecule has 4 amide bonds. The number of imide groups is 2. The van der Waals surface area contributed by atoms with Gasteiger partial charge in [0, 0.05) is 30.2 Å². The Bertz CT molecular complexity index is 1750. The maximum Gasteiger partial charge on any atom is 0.258 e. The van der Waals surface area contributed by atoms with Crippen LogP contribution in [0.1, 0.15) is 30.4 Å². The second kappa shape index (κ2) is 13.1. The number of ether oxygens (including phenoxy) is 4. The summed E-state index contributed by atoms with van der Waals surface area (Å²) >= 11 is 0. The van der Waals surface area contributed by atoms with E-state index >= 15 is 0 Å². The van der Waals surface area contributed by atoms with Crippen LogP contribution in [-0.2, 0) is 19.2 Å². The Balaban J connectivity index is 1.17. The summed E-state index contributed by atoms with van der Waals surface area (Å²) in [6.07, 6.45) is 5.76. The van der Waals surface area contributed by atoms with Crippen LogP contribution in [0, 0.1) is 0 Å². The van der Waals surface area contributed by atoms with Crippen LogP contribution in [0.3, 0.4) is 0 Å². The van der Waals surface area contributed by atoms with E-state index in [1.54, 1.807) is 62.8 Å². The van der Waals surface area contributed by atoms with E-state index in [-0.39, 0.29) is 29.5 Å². The first-order valence-corrected chi connectivity index (χ1v) is 14.8. The molecule has 0 atom stereocenters. The van der Waals surface area contributed by atoms with Gasteiger partial charge < -0.3 is 18.9 Å². The van der Waals surface area contributed by atoms with Gasteiger partial charge in [0.2, 0.25) is 0 Å². The first-order chi connectivity index (χ1) is 22.8. The number of hydrogen-bond acceptors (Lipinski definition) is 8. The summed E-state index contributed by atoms with van der Waals surface area (Å²) in [7, 11) is 3.15. The number of methoxy groups -OCH3 is 2. The Labute approximate surface area is 271 Å².